The molecule has 0 aromatic heterocycles. The average Bonchev–Trinajstić information content (AvgIpc) is 2.46. The molecule has 2 saturated heterocycles. The molecule has 2 rings (SSSR count). The lowest BCUT2D eigenvalue weighted by molar-refractivity contribution is 0.00308. The Bertz CT molecular complexity index is 212. The van der Waals surface area contributed by atoms with E-state index in [9.17, 15) is 0 Å². The maximum atomic E-state index is 5.66. The van der Waals surface area contributed by atoms with Gasteiger partial charge in [0.2, 0.25) is 0 Å². The first-order chi connectivity index (χ1) is 6.48. The van der Waals surface area contributed by atoms with E-state index in [4.69, 9.17) is 4.74 Å². The molecule has 0 aromatic rings. The number of hydrogen-bond donors (Lipinski definition) is 0. The predicted octanol–water partition coefficient (Wildman–Crippen LogP) is 1.15. The van der Waals surface area contributed by atoms with Gasteiger partial charge in [0.05, 0.1) is 6.61 Å². The topological polar surface area (TPSA) is 15.7 Å². The van der Waals surface area contributed by atoms with Gasteiger partial charge in [0, 0.05) is 31.2 Å². The molecule has 0 bridgehead atoms. The molecule has 2 unspecified atom stereocenters. The van der Waals surface area contributed by atoms with Crippen molar-refractivity contribution in [2.75, 3.05) is 26.2 Å². The van der Waals surface area contributed by atoms with Crippen LogP contribution < -0.4 is 0 Å². The highest BCUT2D eigenvalue weighted by molar-refractivity contribution is 4.91. The van der Waals surface area contributed by atoms with Crippen LogP contribution in [0.4, 0.5) is 0 Å². The summed E-state index contributed by atoms with van der Waals surface area (Å²) in [4.78, 5) is 5.05. The van der Waals surface area contributed by atoms with E-state index in [0.717, 1.165) is 19.7 Å². The van der Waals surface area contributed by atoms with Crippen molar-refractivity contribution < 1.29 is 4.74 Å². The molecule has 82 valence electrons. The number of hydrogen-bond acceptors (Lipinski definition) is 3. The lowest BCUT2D eigenvalue weighted by Gasteiger charge is -2.44. The zero-order valence-electron chi connectivity index (χ0n) is 9.79. The van der Waals surface area contributed by atoms with Gasteiger partial charge >= 0.3 is 0 Å². The van der Waals surface area contributed by atoms with Crippen molar-refractivity contribution in [2.45, 2.75) is 45.5 Å². The molecular formula is C11H22N2O. The first-order valence-corrected chi connectivity index (χ1v) is 5.61. The molecule has 2 aliphatic rings. The molecule has 3 nitrogen and oxygen atoms in total. The van der Waals surface area contributed by atoms with Gasteiger partial charge in [-0.25, -0.2) is 0 Å². The van der Waals surface area contributed by atoms with Crippen LogP contribution in [-0.4, -0.2) is 53.8 Å². The van der Waals surface area contributed by atoms with Crippen molar-refractivity contribution in [1.29, 1.82) is 0 Å². The summed E-state index contributed by atoms with van der Waals surface area (Å²) in [5.74, 6) is 0. The fourth-order valence-corrected chi connectivity index (χ4v) is 2.45. The summed E-state index contributed by atoms with van der Waals surface area (Å²) in [6, 6.07) is 0.623. The van der Waals surface area contributed by atoms with Crippen LogP contribution in [0.1, 0.15) is 27.7 Å². The predicted molar refractivity (Wildman–Crippen MR) is 57.2 cm³/mol. The highest BCUT2D eigenvalue weighted by Crippen LogP contribution is 2.25. The molecule has 2 aliphatic heterocycles. The summed E-state index contributed by atoms with van der Waals surface area (Å²) in [6.07, 6.45) is 0.335. The van der Waals surface area contributed by atoms with E-state index in [2.05, 4.69) is 37.5 Å². The van der Waals surface area contributed by atoms with E-state index in [1.807, 2.05) is 0 Å². The van der Waals surface area contributed by atoms with Gasteiger partial charge in [-0.1, -0.05) is 0 Å². The van der Waals surface area contributed by atoms with Crippen molar-refractivity contribution >= 4 is 0 Å². The normalized spacial score (nSPS) is 36.0. The molecule has 14 heavy (non-hydrogen) atoms. The molecule has 0 aromatic carbocycles. The van der Waals surface area contributed by atoms with Crippen molar-refractivity contribution in [2.24, 2.45) is 0 Å². The first-order valence-electron chi connectivity index (χ1n) is 5.61. The van der Waals surface area contributed by atoms with E-state index in [-0.39, 0.29) is 0 Å². The number of piperazine rings is 1. The van der Waals surface area contributed by atoms with Crippen molar-refractivity contribution in [3.63, 3.8) is 0 Å². The molecule has 3 heteroatoms. The zero-order valence-corrected chi connectivity index (χ0v) is 9.79. The molecule has 0 radical (unpaired) electrons. The summed E-state index contributed by atoms with van der Waals surface area (Å²) in [6.45, 7) is 13.4. The van der Waals surface area contributed by atoms with Crippen LogP contribution >= 0.6 is 0 Å². The second-order valence-corrected chi connectivity index (χ2v) is 5.44. The third kappa shape index (κ3) is 1.81. The summed E-state index contributed by atoms with van der Waals surface area (Å²) in [5, 5.41) is 0. The molecule has 0 spiro atoms. The van der Waals surface area contributed by atoms with Crippen LogP contribution in [0, 0.1) is 0 Å². The SMILES string of the molecule is CC1OCC2CN(C(C)(C)C)CCN21. The fourth-order valence-electron chi connectivity index (χ4n) is 2.45. The summed E-state index contributed by atoms with van der Waals surface area (Å²) >= 11 is 0. The third-order valence-corrected chi connectivity index (χ3v) is 3.47. The smallest absolute Gasteiger partial charge is 0.108 e. The minimum Gasteiger partial charge on any atom is -0.362 e. The van der Waals surface area contributed by atoms with Gasteiger partial charge < -0.3 is 4.74 Å². The Balaban J connectivity index is 1.99. The Kier molecular flexibility index (Phi) is 2.58. The van der Waals surface area contributed by atoms with E-state index in [1.165, 1.54) is 6.54 Å². The molecule has 2 heterocycles. The minimum atomic E-state index is 0.303. The van der Waals surface area contributed by atoms with E-state index in [1.54, 1.807) is 0 Å². The van der Waals surface area contributed by atoms with Crippen LogP contribution in [-0.2, 0) is 4.74 Å². The molecular weight excluding hydrogens is 176 g/mol. The molecule has 0 saturated carbocycles. The minimum absolute atomic E-state index is 0.303. The van der Waals surface area contributed by atoms with Gasteiger partial charge in [0.15, 0.2) is 0 Å². The molecule has 0 amide bonds. The molecule has 0 aliphatic carbocycles. The zero-order chi connectivity index (χ0) is 10.3. The Morgan fingerprint density at radius 1 is 1.21 bits per heavy atom. The summed E-state index contributed by atoms with van der Waals surface area (Å²) < 4.78 is 5.66. The number of fused-ring (bicyclic) bond motifs is 1. The van der Waals surface area contributed by atoms with Crippen molar-refractivity contribution in [3.05, 3.63) is 0 Å². The average molecular weight is 198 g/mol. The van der Waals surface area contributed by atoms with Crippen LogP contribution in [0.2, 0.25) is 0 Å². The molecule has 0 N–H and O–H groups in total. The highest BCUT2D eigenvalue weighted by atomic mass is 16.5. The van der Waals surface area contributed by atoms with Crippen LogP contribution in [0.25, 0.3) is 0 Å². The Morgan fingerprint density at radius 3 is 2.57 bits per heavy atom. The van der Waals surface area contributed by atoms with E-state index in [0.29, 0.717) is 17.8 Å². The fraction of sp³-hybridized carbons (Fsp3) is 1.00. The number of rotatable bonds is 0. The number of ether oxygens (including phenoxy) is 1. The van der Waals surface area contributed by atoms with E-state index >= 15 is 0 Å². The van der Waals surface area contributed by atoms with Gasteiger partial charge in [0.25, 0.3) is 0 Å². The quantitative estimate of drug-likeness (QED) is 0.580. The molecule has 2 atom stereocenters. The summed E-state index contributed by atoms with van der Waals surface area (Å²) in [7, 11) is 0. The lowest BCUT2D eigenvalue weighted by atomic mass is 10.0. The largest absolute Gasteiger partial charge is 0.362 e. The van der Waals surface area contributed by atoms with E-state index < -0.39 is 0 Å². The van der Waals surface area contributed by atoms with Gasteiger partial charge in [-0.3, -0.25) is 9.80 Å². The van der Waals surface area contributed by atoms with Crippen LogP contribution in [0.5, 0.6) is 0 Å². The number of nitrogens with zero attached hydrogens (tertiary/aromatic N) is 2. The Labute approximate surface area is 87.0 Å². The van der Waals surface area contributed by atoms with Crippen molar-refractivity contribution in [1.82, 2.24) is 9.80 Å². The van der Waals surface area contributed by atoms with Gasteiger partial charge in [-0.05, 0) is 27.7 Å². The maximum Gasteiger partial charge on any atom is 0.108 e. The van der Waals surface area contributed by atoms with Crippen LogP contribution in [0.15, 0.2) is 0 Å². The van der Waals surface area contributed by atoms with Crippen molar-refractivity contribution in [3.8, 4) is 0 Å². The maximum absolute atomic E-state index is 5.66. The highest BCUT2D eigenvalue weighted by Gasteiger charge is 2.38. The van der Waals surface area contributed by atoms with Gasteiger partial charge in [-0.15, -0.1) is 0 Å². The second kappa shape index (κ2) is 3.47. The van der Waals surface area contributed by atoms with Crippen LogP contribution in [0.3, 0.4) is 0 Å². The third-order valence-electron chi connectivity index (χ3n) is 3.47. The lowest BCUT2D eigenvalue weighted by Crippen LogP contribution is -2.57. The Hall–Kier alpha value is -0.120. The Morgan fingerprint density at radius 2 is 1.93 bits per heavy atom. The first kappa shape index (κ1) is 10.4. The monoisotopic (exact) mass is 198 g/mol. The second-order valence-electron chi connectivity index (χ2n) is 5.44. The standard InChI is InChI=1S/C11H22N2O/c1-9-13-6-5-12(11(2,3)4)7-10(13)8-14-9/h9-10H,5-8H2,1-4H3. The molecule has 2 fully saturated rings. The summed E-state index contributed by atoms with van der Waals surface area (Å²) in [5.41, 5.74) is 0.303. The van der Waals surface area contributed by atoms with Gasteiger partial charge in [-0.2, -0.15) is 0 Å². The van der Waals surface area contributed by atoms with Gasteiger partial charge in [0.1, 0.15) is 6.23 Å².